The number of Topliss-reactive ketones (excluding diaryl/α,β-unsaturated/α-hetero) is 1. The highest BCUT2D eigenvalue weighted by atomic mass is 16.5. The Labute approximate surface area is 94.2 Å². The number of aromatic nitrogens is 2. The van der Waals surface area contributed by atoms with Gasteiger partial charge in [0.05, 0.1) is 12.3 Å². The maximum absolute atomic E-state index is 11.6. The van der Waals surface area contributed by atoms with Crippen LogP contribution in [0.5, 0.6) is 0 Å². The third-order valence-electron chi connectivity index (χ3n) is 2.55. The van der Waals surface area contributed by atoms with E-state index in [0.29, 0.717) is 5.69 Å². The summed E-state index contributed by atoms with van der Waals surface area (Å²) in [5.74, 6) is -0.112. The van der Waals surface area contributed by atoms with Crippen molar-refractivity contribution in [1.82, 2.24) is 15.3 Å². The van der Waals surface area contributed by atoms with E-state index in [1.165, 1.54) is 12.4 Å². The molecule has 0 saturated carbocycles. The molecule has 1 atom stereocenters. The van der Waals surface area contributed by atoms with E-state index in [9.17, 15) is 4.79 Å². The van der Waals surface area contributed by atoms with Crippen LogP contribution in [-0.4, -0.2) is 41.6 Å². The fourth-order valence-corrected chi connectivity index (χ4v) is 1.67. The van der Waals surface area contributed by atoms with Gasteiger partial charge in [0.1, 0.15) is 12.3 Å². The second kappa shape index (κ2) is 5.67. The molecule has 1 saturated heterocycles. The molecular formula is C11H15N3O2. The number of ketones is 1. The van der Waals surface area contributed by atoms with Gasteiger partial charge in [0, 0.05) is 18.9 Å². The number of carbonyl (C=O) groups excluding carboxylic acids is 1. The van der Waals surface area contributed by atoms with E-state index in [4.69, 9.17) is 4.74 Å². The first-order chi connectivity index (χ1) is 7.86. The van der Waals surface area contributed by atoms with Gasteiger partial charge in [0.15, 0.2) is 0 Å². The molecule has 1 aliphatic rings. The quantitative estimate of drug-likeness (QED) is 0.747. The van der Waals surface area contributed by atoms with E-state index < -0.39 is 0 Å². The van der Waals surface area contributed by atoms with E-state index >= 15 is 0 Å². The van der Waals surface area contributed by atoms with Crippen molar-refractivity contribution in [3.05, 3.63) is 24.3 Å². The molecule has 5 heteroatoms. The number of ether oxygens (including phenoxy) is 1. The molecule has 0 aromatic carbocycles. The highest BCUT2D eigenvalue weighted by molar-refractivity contribution is 5.94. The molecule has 0 spiro atoms. The number of carbonyl (C=O) groups is 1. The van der Waals surface area contributed by atoms with Gasteiger partial charge in [0.25, 0.3) is 0 Å². The van der Waals surface area contributed by atoms with Crippen LogP contribution in [0.25, 0.3) is 0 Å². The van der Waals surface area contributed by atoms with Crippen molar-refractivity contribution in [2.75, 3.05) is 19.7 Å². The van der Waals surface area contributed by atoms with Crippen molar-refractivity contribution >= 4 is 5.78 Å². The number of hydrogen-bond acceptors (Lipinski definition) is 5. The Morgan fingerprint density at radius 2 is 2.50 bits per heavy atom. The van der Waals surface area contributed by atoms with Crippen LogP contribution in [0.1, 0.15) is 23.3 Å². The number of hydrogen-bond donors (Lipinski definition) is 1. The topological polar surface area (TPSA) is 64.1 Å². The summed E-state index contributed by atoms with van der Waals surface area (Å²) in [5, 5.41) is 3.23. The Morgan fingerprint density at radius 3 is 3.19 bits per heavy atom. The Bertz CT molecular complexity index is 336. The van der Waals surface area contributed by atoms with Crippen LogP contribution in [0.3, 0.4) is 0 Å². The number of piperidine rings is 1. The molecule has 0 unspecified atom stereocenters. The van der Waals surface area contributed by atoms with Crippen LogP contribution < -0.4 is 5.32 Å². The smallest absolute Gasteiger partial charge is 0.208 e. The molecule has 2 rings (SSSR count). The predicted octanol–water partition coefficient (Wildman–Crippen LogP) is 0.428. The highest BCUT2D eigenvalue weighted by Gasteiger charge is 2.15. The normalized spacial score (nSPS) is 20.6. The summed E-state index contributed by atoms with van der Waals surface area (Å²) >= 11 is 0. The fourth-order valence-electron chi connectivity index (χ4n) is 1.67. The third-order valence-corrected chi connectivity index (χ3v) is 2.55. The standard InChI is InChI=1S/C11H15N3O2/c15-11(10-7-13-4-5-14-10)8-16-9-2-1-3-12-6-9/h4-5,7,9,12H,1-3,6,8H2/t9-/m1/s1. The SMILES string of the molecule is O=C(CO[C@@H]1CCCNC1)c1cnccn1. The van der Waals surface area contributed by atoms with Gasteiger partial charge in [-0.15, -0.1) is 0 Å². The first-order valence-corrected chi connectivity index (χ1v) is 5.48. The fraction of sp³-hybridized carbons (Fsp3) is 0.545. The molecule has 2 heterocycles. The average Bonchev–Trinajstić information content (AvgIpc) is 2.38. The second-order valence-electron chi connectivity index (χ2n) is 3.79. The lowest BCUT2D eigenvalue weighted by molar-refractivity contribution is 0.0344. The summed E-state index contributed by atoms with van der Waals surface area (Å²) in [6.07, 6.45) is 6.78. The monoisotopic (exact) mass is 221 g/mol. The summed E-state index contributed by atoms with van der Waals surface area (Å²) in [6.45, 7) is 1.96. The van der Waals surface area contributed by atoms with E-state index in [0.717, 1.165) is 25.9 Å². The summed E-state index contributed by atoms with van der Waals surface area (Å²) in [6, 6.07) is 0. The molecule has 0 bridgehead atoms. The molecule has 0 amide bonds. The lowest BCUT2D eigenvalue weighted by Gasteiger charge is -2.22. The van der Waals surface area contributed by atoms with Gasteiger partial charge >= 0.3 is 0 Å². The zero-order valence-electron chi connectivity index (χ0n) is 9.06. The van der Waals surface area contributed by atoms with Gasteiger partial charge in [-0.2, -0.15) is 0 Å². The molecular weight excluding hydrogens is 206 g/mol. The van der Waals surface area contributed by atoms with Crippen molar-refractivity contribution in [3.8, 4) is 0 Å². The predicted molar refractivity (Wildman–Crippen MR) is 58.2 cm³/mol. The minimum atomic E-state index is -0.112. The van der Waals surface area contributed by atoms with Crippen molar-refractivity contribution in [3.63, 3.8) is 0 Å². The summed E-state index contributed by atoms with van der Waals surface area (Å²) < 4.78 is 5.52. The highest BCUT2D eigenvalue weighted by Crippen LogP contribution is 2.06. The molecule has 16 heavy (non-hydrogen) atoms. The summed E-state index contributed by atoms with van der Waals surface area (Å²) in [5.41, 5.74) is 0.367. The largest absolute Gasteiger partial charge is 0.369 e. The number of nitrogens with one attached hydrogen (secondary N) is 1. The molecule has 1 aromatic rings. The van der Waals surface area contributed by atoms with Crippen LogP contribution in [0, 0.1) is 0 Å². The maximum Gasteiger partial charge on any atom is 0.208 e. The Kier molecular flexibility index (Phi) is 3.96. The number of nitrogens with zero attached hydrogens (tertiary/aromatic N) is 2. The summed E-state index contributed by atoms with van der Waals surface area (Å²) in [4.78, 5) is 19.4. The molecule has 1 aromatic heterocycles. The maximum atomic E-state index is 11.6. The van der Waals surface area contributed by atoms with Gasteiger partial charge < -0.3 is 10.1 Å². The first-order valence-electron chi connectivity index (χ1n) is 5.48. The van der Waals surface area contributed by atoms with Gasteiger partial charge in [-0.1, -0.05) is 0 Å². The van der Waals surface area contributed by atoms with E-state index in [2.05, 4.69) is 15.3 Å². The minimum absolute atomic E-state index is 0.0883. The molecule has 1 N–H and O–H groups in total. The van der Waals surface area contributed by atoms with Crippen LogP contribution >= 0.6 is 0 Å². The zero-order chi connectivity index (χ0) is 11.2. The van der Waals surface area contributed by atoms with E-state index in [1.807, 2.05) is 0 Å². The van der Waals surface area contributed by atoms with Crippen LogP contribution in [0.4, 0.5) is 0 Å². The zero-order valence-corrected chi connectivity index (χ0v) is 9.06. The van der Waals surface area contributed by atoms with Gasteiger partial charge in [-0.05, 0) is 19.4 Å². The van der Waals surface area contributed by atoms with Crippen molar-refractivity contribution in [1.29, 1.82) is 0 Å². The second-order valence-corrected chi connectivity index (χ2v) is 3.79. The Morgan fingerprint density at radius 1 is 1.56 bits per heavy atom. The van der Waals surface area contributed by atoms with Gasteiger partial charge in [-0.3, -0.25) is 9.78 Å². The number of rotatable bonds is 4. The molecule has 0 radical (unpaired) electrons. The molecule has 1 fully saturated rings. The average molecular weight is 221 g/mol. The van der Waals surface area contributed by atoms with E-state index in [1.54, 1.807) is 6.20 Å². The Balaban J connectivity index is 1.79. The van der Waals surface area contributed by atoms with E-state index in [-0.39, 0.29) is 18.5 Å². The molecule has 1 aliphatic heterocycles. The van der Waals surface area contributed by atoms with Crippen LogP contribution in [0.15, 0.2) is 18.6 Å². The first kappa shape index (κ1) is 11.2. The molecule has 5 nitrogen and oxygen atoms in total. The van der Waals surface area contributed by atoms with Crippen molar-refractivity contribution < 1.29 is 9.53 Å². The molecule has 86 valence electrons. The van der Waals surface area contributed by atoms with Crippen molar-refractivity contribution in [2.24, 2.45) is 0 Å². The van der Waals surface area contributed by atoms with Crippen LogP contribution in [-0.2, 0) is 4.74 Å². The Hall–Kier alpha value is -1.33. The van der Waals surface area contributed by atoms with Gasteiger partial charge in [-0.25, -0.2) is 4.98 Å². The van der Waals surface area contributed by atoms with Gasteiger partial charge in [0.2, 0.25) is 5.78 Å². The lowest BCUT2D eigenvalue weighted by Crippen LogP contribution is -2.36. The molecule has 0 aliphatic carbocycles. The lowest BCUT2D eigenvalue weighted by atomic mass is 10.1. The van der Waals surface area contributed by atoms with Crippen molar-refractivity contribution in [2.45, 2.75) is 18.9 Å². The minimum Gasteiger partial charge on any atom is -0.369 e. The third kappa shape index (κ3) is 3.08. The van der Waals surface area contributed by atoms with Crippen LogP contribution in [0.2, 0.25) is 0 Å². The summed E-state index contributed by atoms with van der Waals surface area (Å²) in [7, 11) is 0.